The third-order valence-electron chi connectivity index (χ3n) is 4.82. The van der Waals surface area contributed by atoms with Crippen LogP contribution in [0.2, 0.25) is 0 Å². The van der Waals surface area contributed by atoms with Crippen molar-refractivity contribution in [3.63, 3.8) is 0 Å². The van der Waals surface area contributed by atoms with Gasteiger partial charge in [0, 0.05) is 25.0 Å². The highest BCUT2D eigenvalue weighted by molar-refractivity contribution is 6.00. The van der Waals surface area contributed by atoms with E-state index >= 15 is 0 Å². The van der Waals surface area contributed by atoms with E-state index < -0.39 is 41.9 Å². The first-order valence-corrected chi connectivity index (χ1v) is 10.1. The molecular weight excluding hydrogens is 519 g/mol. The van der Waals surface area contributed by atoms with Crippen molar-refractivity contribution in [3.05, 3.63) is 60.0 Å². The maximum absolute atomic E-state index is 14.7. The molecule has 1 fully saturated rings. The van der Waals surface area contributed by atoms with E-state index in [0.29, 0.717) is 11.3 Å². The smallest absolute Gasteiger partial charge is 0.475 e. The molecule has 1 aromatic carbocycles. The topological polar surface area (TPSA) is 121 Å². The summed E-state index contributed by atoms with van der Waals surface area (Å²) in [6.07, 6.45) is -6.67. The summed E-state index contributed by atoms with van der Waals surface area (Å²) in [5, 5.41) is 16.6. The first-order chi connectivity index (χ1) is 17.3. The predicted octanol–water partition coefficient (Wildman–Crippen LogP) is 3.69. The molecule has 2 aromatic heterocycles. The van der Waals surface area contributed by atoms with E-state index in [1.54, 1.807) is 0 Å². The van der Waals surface area contributed by atoms with Gasteiger partial charge in [0.15, 0.2) is 0 Å². The standard InChI is InChI=1S/C19H15F4N5O2.C2HF3O2/c20-12-2-1-3-14(6-12)28(18(29)19(23)9-24-10-19)8-13-5-4-11(7-25-13)16-26-27-17(30-16)15(21)22;3-2(4,5)1(6)7/h1-7,15,24H,8-10H2;(H,6,7). The molecule has 16 heteroatoms. The molecule has 0 bridgehead atoms. The van der Waals surface area contributed by atoms with Gasteiger partial charge in [-0.1, -0.05) is 6.07 Å². The van der Waals surface area contributed by atoms with Crippen molar-refractivity contribution in [2.24, 2.45) is 0 Å². The molecule has 37 heavy (non-hydrogen) atoms. The zero-order chi connectivity index (χ0) is 27.4. The Morgan fingerprint density at radius 1 is 1.16 bits per heavy atom. The molecule has 0 aliphatic carbocycles. The Hall–Kier alpha value is -4.08. The minimum atomic E-state index is -5.08. The number of hydrogen-bond acceptors (Lipinski definition) is 7. The van der Waals surface area contributed by atoms with Crippen LogP contribution >= 0.6 is 0 Å². The highest BCUT2D eigenvalue weighted by Gasteiger charge is 2.47. The number of aliphatic carboxylic acids is 1. The number of benzene rings is 1. The second-order valence-corrected chi connectivity index (χ2v) is 7.53. The molecule has 3 heterocycles. The summed E-state index contributed by atoms with van der Waals surface area (Å²) >= 11 is 0. The molecule has 0 saturated carbocycles. The fourth-order valence-corrected chi connectivity index (χ4v) is 2.91. The molecular formula is C21H16F7N5O4. The van der Waals surface area contributed by atoms with Gasteiger partial charge < -0.3 is 19.7 Å². The van der Waals surface area contributed by atoms with Crippen LogP contribution < -0.4 is 10.2 Å². The van der Waals surface area contributed by atoms with Crippen molar-refractivity contribution in [1.82, 2.24) is 20.5 Å². The van der Waals surface area contributed by atoms with E-state index in [1.165, 1.54) is 36.5 Å². The number of carboxylic acid groups (broad SMARTS) is 1. The van der Waals surface area contributed by atoms with Crippen LogP contribution in [0.15, 0.2) is 47.0 Å². The molecule has 3 aromatic rings. The average molecular weight is 535 g/mol. The number of nitrogens with one attached hydrogen (secondary N) is 1. The summed E-state index contributed by atoms with van der Waals surface area (Å²) in [4.78, 5) is 27.0. The number of carbonyl (C=O) groups is 2. The maximum atomic E-state index is 14.7. The fraction of sp³-hybridized carbons (Fsp3) is 0.286. The summed E-state index contributed by atoms with van der Waals surface area (Å²) in [5.41, 5.74) is -1.23. The van der Waals surface area contributed by atoms with E-state index in [2.05, 4.69) is 20.5 Å². The van der Waals surface area contributed by atoms with Crippen molar-refractivity contribution in [3.8, 4) is 11.5 Å². The highest BCUT2D eigenvalue weighted by atomic mass is 19.4. The van der Waals surface area contributed by atoms with Crippen LogP contribution in [0.5, 0.6) is 0 Å². The van der Waals surface area contributed by atoms with Gasteiger partial charge in [0.05, 0.1) is 17.8 Å². The summed E-state index contributed by atoms with van der Waals surface area (Å²) in [7, 11) is 0. The normalized spacial score (nSPS) is 14.4. The summed E-state index contributed by atoms with van der Waals surface area (Å²) in [6, 6.07) is 8.26. The Bertz CT molecular complexity index is 1250. The molecule has 198 valence electrons. The van der Waals surface area contributed by atoms with Gasteiger partial charge in [-0.05, 0) is 30.3 Å². The number of nitrogens with zero attached hydrogens (tertiary/aromatic N) is 4. The lowest BCUT2D eigenvalue weighted by molar-refractivity contribution is -0.192. The number of pyridine rings is 1. The van der Waals surface area contributed by atoms with E-state index in [4.69, 9.17) is 14.3 Å². The van der Waals surface area contributed by atoms with Crippen LogP contribution in [-0.4, -0.2) is 57.1 Å². The molecule has 4 rings (SSSR count). The summed E-state index contributed by atoms with van der Waals surface area (Å²) < 4.78 is 90.2. The van der Waals surface area contributed by atoms with Crippen LogP contribution in [0.25, 0.3) is 11.5 Å². The number of carboxylic acids is 1. The molecule has 2 N–H and O–H groups in total. The predicted molar refractivity (Wildman–Crippen MR) is 110 cm³/mol. The van der Waals surface area contributed by atoms with Gasteiger partial charge in [0.25, 0.3) is 11.8 Å². The van der Waals surface area contributed by atoms with Gasteiger partial charge in [-0.3, -0.25) is 9.78 Å². The quantitative estimate of drug-likeness (QED) is 0.459. The number of hydrogen-bond donors (Lipinski definition) is 2. The number of amides is 1. The van der Waals surface area contributed by atoms with Gasteiger partial charge in [-0.15, -0.1) is 10.2 Å². The third-order valence-corrected chi connectivity index (χ3v) is 4.82. The monoisotopic (exact) mass is 535 g/mol. The minimum absolute atomic E-state index is 0.125. The molecule has 1 saturated heterocycles. The Kier molecular flexibility index (Phi) is 8.10. The fourth-order valence-electron chi connectivity index (χ4n) is 2.91. The second kappa shape index (κ2) is 10.9. The van der Waals surface area contributed by atoms with Crippen LogP contribution in [0, 0.1) is 5.82 Å². The van der Waals surface area contributed by atoms with Crippen molar-refractivity contribution < 1.29 is 49.8 Å². The number of alkyl halides is 6. The molecule has 9 nitrogen and oxygen atoms in total. The van der Waals surface area contributed by atoms with Crippen molar-refractivity contribution in [2.45, 2.75) is 24.8 Å². The summed E-state index contributed by atoms with van der Waals surface area (Å²) in [6.45, 7) is -0.387. The number of aromatic nitrogens is 3. The van der Waals surface area contributed by atoms with Gasteiger partial charge >= 0.3 is 18.6 Å². The Labute approximate surface area is 202 Å². The molecule has 0 radical (unpaired) electrons. The van der Waals surface area contributed by atoms with E-state index in [9.17, 15) is 35.5 Å². The largest absolute Gasteiger partial charge is 0.490 e. The Balaban J connectivity index is 0.000000479. The van der Waals surface area contributed by atoms with Crippen LogP contribution in [0.3, 0.4) is 0 Å². The zero-order valence-corrected chi connectivity index (χ0v) is 18.3. The van der Waals surface area contributed by atoms with Crippen molar-refractivity contribution in [1.29, 1.82) is 0 Å². The van der Waals surface area contributed by atoms with Gasteiger partial charge in [-0.2, -0.15) is 22.0 Å². The van der Waals surface area contributed by atoms with E-state index in [-0.39, 0.29) is 31.2 Å². The molecule has 1 amide bonds. The summed E-state index contributed by atoms with van der Waals surface area (Å²) in [5.74, 6) is -5.08. The third kappa shape index (κ3) is 6.78. The van der Waals surface area contributed by atoms with Gasteiger partial charge in [0.1, 0.15) is 5.82 Å². The number of halogens is 7. The van der Waals surface area contributed by atoms with Gasteiger partial charge in [0.2, 0.25) is 11.6 Å². The first kappa shape index (κ1) is 27.5. The zero-order valence-electron chi connectivity index (χ0n) is 18.3. The first-order valence-electron chi connectivity index (χ1n) is 10.1. The molecule has 1 aliphatic rings. The van der Waals surface area contributed by atoms with Gasteiger partial charge in [-0.25, -0.2) is 13.6 Å². The van der Waals surface area contributed by atoms with Crippen LogP contribution in [-0.2, 0) is 16.1 Å². The highest BCUT2D eigenvalue weighted by Crippen LogP contribution is 2.27. The lowest BCUT2D eigenvalue weighted by atomic mass is 9.97. The average Bonchev–Trinajstić information content (AvgIpc) is 3.31. The van der Waals surface area contributed by atoms with Crippen molar-refractivity contribution >= 4 is 17.6 Å². The number of rotatable bonds is 6. The SMILES string of the molecule is O=C(N(Cc1ccc(-c2nnc(C(F)F)o2)cn1)c1cccc(F)c1)C1(F)CNC1.O=C(O)C(F)(F)F. The lowest BCUT2D eigenvalue weighted by Crippen LogP contribution is -2.65. The van der Waals surface area contributed by atoms with E-state index in [1.807, 2.05) is 0 Å². The number of carbonyl (C=O) groups excluding carboxylic acids is 1. The number of anilines is 1. The Morgan fingerprint density at radius 3 is 2.30 bits per heavy atom. The molecule has 1 aliphatic heterocycles. The maximum Gasteiger partial charge on any atom is 0.490 e. The van der Waals surface area contributed by atoms with E-state index in [0.717, 1.165) is 11.0 Å². The lowest BCUT2D eigenvalue weighted by Gasteiger charge is -2.37. The van der Waals surface area contributed by atoms with Crippen LogP contribution in [0.1, 0.15) is 18.0 Å². The second-order valence-electron chi connectivity index (χ2n) is 7.53. The molecule has 0 unspecified atom stereocenters. The van der Waals surface area contributed by atoms with Crippen molar-refractivity contribution in [2.75, 3.05) is 18.0 Å². The molecule has 0 atom stereocenters. The Morgan fingerprint density at radius 2 is 1.84 bits per heavy atom. The molecule has 0 spiro atoms. The van der Waals surface area contributed by atoms with Crippen LogP contribution in [0.4, 0.5) is 36.4 Å². The minimum Gasteiger partial charge on any atom is -0.475 e.